The second-order valence-electron chi connectivity index (χ2n) is 11.3. The number of aryl methyl sites for hydroxylation is 1. The van der Waals surface area contributed by atoms with Crippen molar-refractivity contribution in [2.75, 3.05) is 7.05 Å². The average molecular weight is 820 g/mol. The highest BCUT2D eigenvalue weighted by Crippen LogP contribution is 2.49. The Kier molecular flexibility index (Phi) is 22.7. The van der Waals surface area contributed by atoms with E-state index >= 15 is 0 Å². The Morgan fingerprint density at radius 1 is 0.863 bits per heavy atom. The Labute approximate surface area is 325 Å². The summed E-state index contributed by atoms with van der Waals surface area (Å²) in [7, 11) is 3.86. The number of benzene rings is 2. The van der Waals surface area contributed by atoms with Crippen LogP contribution in [0.1, 0.15) is 41.5 Å². The van der Waals surface area contributed by atoms with Gasteiger partial charge in [-0.1, -0.05) is 36.4 Å². The number of imidazole rings is 1. The summed E-state index contributed by atoms with van der Waals surface area (Å²) in [6.07, 6.45) is 10.8. The van der Waals surface area contributed by atoms with Crippen LogP contribution < -0.4 is 36.3 Å². The molecule has 0 saturated heterocycles. The quantitative estimate of drug-likeness (QED) is 0.101. The van der Waals surface area contributed by atoms with Gasteiger partial charge in [0, 0.05) is 39.7 Å². The molecule has 0 aliphatic carbocycles. The summed E-state index contributed by atoms with van der Waals surface area (Å²) in [5.41, 5.74) is 0. The van der Waals surface area contributed by atoms with E-state index in [2.05, 4.69) is 15.2 Å². The molecule has 4 rings (SSSR count). The summed E-state index contributed by atoms with van der Waals surface area (Å²) in [5, 5.41) is 6.00. The molecule has 12 nitrogen and oxygen atoms in total. The fraction of sp³-hybridized carbons (Fsp3) is 0.375. The maximum absolute atomic E-state index is 12.1. The molecule has 3 radical (unpaired) electrons. The summed E-state index contributed by atoms with van der Waals surface area (Å²) >= 11 is 17.1. The van der Waals surface area contributed by atoms with Gasteiger partial charge < -0.3 is 35.5 Å². The minimum atomic E-state index is -2.81. The van der Waals surface area contributed by atoms with Crippen LogP contribution in [0.4, 0.5) is 0 Å². The first-order chi connectivity index (χ1) is 23.0. The van der Waals surface area contributed by atoms with E-state index in [1.807, 2.05) is 111 Å². The molecule has 279 valence electrons. The van der Waals surface area contributed by atoms with Gasteiger partial charge in [0.15, 0.2) is 6.20 Å². The van der Waals surface area contributed by atoms with Gasteiger partial charge in [0.2, 0.25) is 6.20 Å². The average Bonchev–Trinajstić information content (AvgIpc) is 3.69. The SMILES string of the molecule is CC(C)OC(=O)[C@H](C)NP(=S)(Cl)Oc1ccccc1.CC(C)OC(=O)[C@H](C)NP(=S)(Oc1ccccc1)[NH+]1C=C[N+](C)=C1.Cn1ccnc1.[B].[Cl-]. The molecule has 1 aromatic heterocycles. The Hall–Kier alpha value is -2.58. The number of para-hydroxylation sites is 2. The molecular formula is C32H47BCl2N6O6P2S2+. The van der Waals surface area contributed by atoms with Crippen LogP contribution in [0.25, 0.3) is 0 Å². The second-order valence-corrected chi connectivity index (χ2v) is 19.9. The van der Waals surface area contributed by atoms with Gasteiger partial charge in [-0.25, -0.2) is 10.1 Å². The van der Waals surface area contributed by atoms with Gasteiger partial charge in [-0.2, -0.15) is 14.3 Å². The summed E-state index contributed by atoms with van der Waals surface area (Å²) in [4.78, 5) is 27.6. The lowest BCUT2D eigenvalue weighted by molar-refractivity contribution is -0.612. The zero-order valence-electron chi connectivity index (χ0n) is 29.9. The smallest absolute Gasteiger partial charge is 0.381 e. The molecule has 3 unspecified atom stereocenters. The molecule has 1 aliphatic rings. The van der Waals surface area contributed by atoms with Crippen molar-refractivity contribution in [3.05, 3.63) is 91.8 Å². The van der Waals surface area contributed by atoms with Gasteiger partial charge in [-0.05, 0) is 88.9 Å². The van der Waals surface area contributed by atoms with E-state index in [-0.39, 0.29) is 39.0 Å². The van der Waals surface area contributed by atoms with E-state index < -0.39 is 30.4 Å². The molecule has 0 fully saturated rings. The maximum atomic E-state index is 12.1. The lowest BCUT2D eigenvalue weighted by Crippen LogP contribution is -3.03. The summed E-state index contributed by atoms with van der Waals surface area (Å²) < 4.78 is 26.6. The number of hydrogen-bond donors (Lipinski definition) is 3. The molecule has 0 amide bonds. The van der Waals surface area contributed by atoms with Gasteiger partial charge in [-0.3, -0.25) is 9.59 Å². The van der Waals surface area contributed by atoms with Gasteiger partial charge in [0.05, 0.1) is 18.5 Å². The first kappa shape index (κ1) is 48.4. The molecule has 3 N–H and O–H groups in total. The van der Waals surface area contributed by atoms with Crippen LogP contribution in [0.3, 0.4) is 0 Å². The number of carbonyl (C=O) groups excluding carboxylic acids is 2. The summed E-state index contributed by atoms with van der Waals surface area (Å²) in [5.74, 6) is -2.32. The molecule has 5 atom stereocenters. The molecule has 1 aliphatic heterocycles. The predicted octanol–water partition coefficient (Wildman–Crippen LogP) is 1.76. The standard InChI is InChI=1S/C16H23N3O3PS.C12H17ClNO3PS.C4H6N2.B.ClH/c1-13(2)21-16(20)14(3)17-23(24,19-11-10-18(4)12-19)22-15-8-6-5-7-9-15;1-9(2)16-12(15)10(3)14-18(13,19)17-11-7-5-4-6-8-11;1-6-3-2-5-4-6;;/h5-14H,1-4H3,(H,17,24);4-10H,1-3H3,(H,14,19);2-4H,1H3;;1H/q+1;;;;/t14-,23?;10-,18?;;;/m00.../s1. The van der Waals surface area contributed by atoms with Crippen molar-refractivity contribution >= 4 is 73.9 Å². The molecule has 0 saturated carbocycles. The van der Waals surface area contributed by atoms with Gasteiger partial charge >= 0.3 is 24.8 Å². The molecule has 0 bridgehead atoms. The van der Waals surface area contributed by atoms with E-state index in [1.54, 1.807) is 52.4 Å². The topological polar surface area (TPSA) is 120 Å². The zero-order valence-corrected chi connectivity index (χ0v) is 34.8. The van der Waals surface area contributed by atoms with Crippen LogP contribution in [0, 0.1) is 0 Å². The first-order valence-corrected chi connectivity index (χ1v) is 21.7. The molecular weight excluding hydrogens is 772 g/mol. The molecule has 3 aromatic rings. The van der Waals surface area contributed by atoms with Crippen molar-refractivity contribution in [3.63, 3.8) is 0 Å². The number of carbonyl (C=O) groups is 2. The number of nitrogens with one attached hydrogen (secondary N) is 3. The Balaban J connectivity index is 0.000000827. The van der Waals surface area contributed by atoms with E-state index in [1.165, 1.54) is 0 Å². The normalized spacial score (nSPS) is 16.5. The Bertz CT molecular complexity index is 1630. The molecule has 19 heteroatoms. The number of aromatic nitrogens is 2. The van der Waals surface area contributed by atoms with Crippen LogP contribution in [0.5, 0.6) is 11.5 Å². The lowest BCUT2D eigenvalue weighted by Gasteiger charge is -2.25. The minimum absolute atomic E-state index is 0. The highest BCUT2D eigenvalue weighted by molar-refractivity contribution is 8.23. The molecule has 51 heavy (non-hydrogen) atoms. The second kappa shape index (κ2) is 23.9. The monoisotopic (exact) mass is 818 g/mol. The Morgan fingerprint density at radius 3 is 1.71 bits per heavy atom. The third-order valence-electron chi connectivity index (χ3n) is 5.86. The fourth-order valence-electron chi connectivity index (χ4n) is 3.68. The van der Waals surface area contributed by atoms with E-state index in [4.69, 9.17) is 53.4 Å². The number of hydrogen-bond acceptors (Lipinski definition) is 9. The van der Waals surface area contributed by atoms with E-state index in [0.717, 1.165) is 4.67 Å². The van der Waals surface area contributed by atoms with Crippen molar-refractivity contribution < 1.29 is 49.8 Å². The van der Waals surface area contributed by atoms with Gasteiger partial charge in [-0.15, -0.1) is 0 Å². The van der Waals surface area contributed by atoms with Crippen molar-refractivity contribution in [2.24, 2.45) is 7.05 Å². The van der Waals surface area contributed by atoms with Crippen molar-refractivity contribution in [1.29, 1.82) is 0 Å². The third kappa shape index (κ3) is 19.2. The van der Waals surface area contributed by atoms with Gasteiger partial charge in [0.1, 0.15) is 30.6 Å². The zero-order chi connectivity index (χ0) is 36.6. The highest BCUT2D eigenvalue weighted by atomic mass is 35.7. The number of halogens is 2. The number of quaternary nitrogens is 1. The van der Waals surface area contributed by atoms with Crippen LogP contribution in [-0.4, -0.2) is 72.2 Å². The Morgan fingerprint density at radius 2 is 1.33 bits per heavy atom. The number of esters is 2. The van der Waals surface area contributed by atoms with Crippen molar-refractivity contribution in [3.8, 4) is 11.5 Å². The highest BCUT2D eigenvalue weighted by Gasteiger charge is 2.39. The summed E-state index contributed by atoms with van der Waals surface area (Å²) in [6, 6.07) is 17.2. The number of nitrogens with zero attached hydrogens (tertiary/aromatic N) is 3. The number of rotatable bonds is 13. The first-order valence-electron chi connectivity index (χ1n) is 15.4. The van der Waals surface area contributed by atoms with Crippen LogP contribution in [-0.2, 0) is 49.7 Å². The van der Waals surface area contributed by atoms with E-state index in [0.29, 0.717) is 11.5 Å². The minimum Gasteiger partial charge on any atom is -1.00 e. The van der Waals surface area contributed by atoms with Crippen molar-refractivity contribution in [2.45, 2.75) is 65.8 Å². The largest absolute Gasteiger partial charge is 1.00 e. The van der Waals surface area contributed by atoms with Gasteiger partial charge in [0.25, 0.3) is 5.77 Å². The fourth-order valence-corrected chi connectivity index (χ4v) is 9.09. The van der Waals surface area contributed by atoms with Crippen molar-refractivity contribution in [1.82, 2.24) is 19.7 Å². The maximum Gasteiger partial charge on any atom is 0.381 e. The molecule has 2 heterocycles. The van der Waals surface area contributed by atoms with Crippen LogP contribution in [0.15, 0.2) is 91.8 Å². The predicted molar refractivity (Wildman–Crippen MR) is 208 cm³/mol. The molecule has 0 spiro atoms. The lowest BCUT2D eigenvalue weighted by atomic mass is 10.3. The molecule has 2 aromatic carbocycles. The van der Waals surface area contributed by atoms with Crippen LogP contribution in [0.2, 0.25) is 0 Å². The van der Waals surface area contributed by atoms with E-state index in [9.17, 15) is 9.59 Å². The van der Waals surface area contributed by atoms with Crippen LogP contribution >= 0.6 is 23.6 Å². The third-order valence-corrected chi connectivity index (χ3v) is 11.4. The number of ether oxygens (including phenoxy) is 2. The summed E-state index contributed by atoms with van der Waals surface area (Å²) in [6.45, 7) is 7.91.